The molecule has 2 atom stereocenters. The van der Waals surface area contributed by atoms with Gasteiger partial charge < -0.3 is 29.2 Å². The summed E-state index contributed by atoms with van der Waals surface area (Å²) in [5.74, 6) is -0.128. The highest BCUT2D eigenvalue weighted by Crippen LogP contribution is 2.49. The van der Waals surface area contributed by atoms with Crippen molar-refractivity contribution in [3.63, 3.8) is 0 Å². The number of nitrogens with zero attached hydrogens (tertiary/aromatic N) is 4. The van der Waals surface area contributed by atoms with Crippen molar-refractivity contribution in [2.45, 2.75) is 116 Å². The first-order valence-electron chi connectivity index (χ1n) is 17.3. The maximum Gasteiger partial charge on any atom is 0.356 e. The van der Waals surface area contributed by atoms with Crippen LogP contribution < -0.4 is 5.73 Å². The molecule has 1 amide bonds. The molecule has 0 fully saturated rings. The minimum Gasteiger partial charge on any atom is -0.381 e. The van der Waals surface area contributed by atoms with Crippen molar-refractivity contribution in [3.8, 4) is 0 Å². The highest BCUT2D eigenvalue weighted by molar-refractivity contribution is 7.53. The first-order chi connectivity index (χ1) is 22.5. The van der Waals surface area contributed by atoms with E-state index in [4.69, 9.17) is 24.3 Å². The second kappa shape index (κ2) is 23.0. The van der Waals surface area contributed by atoms with Crippen LogP contribution in [-0.2, 0) is 34.5 Å². The van der Waals surface area contributed by atoms with E-state index in [0.29, 0.717) is 25.4 Å². The zero-order valence-electron chi connectivity index (χ0n) is 27.9. The molecule has 0 radical (unpaired) electrons. The number of amides is 1. The summed E-state index contributed by atoms with van der Waals surface area (Å²) in [6.45, 7) is 4.46. The smallest absolute Gasteiger partial charge is 0.356 e. The highest BCUT2D eigenvalue weighted by Gasteiger charge is 2.35. The van der Waals surface area contributed by atoms with Crippen LogP contribution in [0.4, 0.5) is 0 Å². The molecule has 3 rings (SSSR count). The average molecular weight is 662 g/mol. The molecular formula is C34H56N5O6P. The molecule has 0 aromatic heterocycles. The van der Waals surface area contributed by atoms with Crippen molar-refractivity contribution in [1.29, 1.82) is 0 Å². The third kappa shape index (κ3) is 15.4. The second-order valence-corrected chi connectivity index (χ2v) is 13.9. The number of nitrogens with two attached hydrogens (primary N) is 1. The lowest BCUT2D eigenvalue weighted by Gasteiger charge is -2.21. The van der Waals surface area contributed by atoms with E-state index in [1.54, 1.807) is 4.90 Å². The number of hydrogen-bond donors (Lipinski definition) is 1. The van der Waals surface area contributed by atoms with Crippen LogP contribution in [0.15, 0.2) is 45.3 Å². The number of aliphatic imine (C=N–C) groups is 3. The van der Waals surface area contributed by atoms with Crippen molar-refractivity contribution < 1.29 is 27.9 Å². The maximum atomic E-state index is 13.5. The third-order valence-corrected chi connectivity index (χ3v) is 9.54. The fraction of sp³-hybridized carbons (Fsp3) is 0.706. The van der Waals surface area contributed by atoms with Gasteiger partial charge in [0.15, 0.2) is 6.04 Å². The Morgan fingerprint density at radius 1 is 0.761 bits per heavy atom. The SMILES string of the molecule is CCCCCCCCCCCCCCCCOCCCOP(=O)(COCCN1C=NC2C(=O)N=C(N)N=C21)OCc1ccccc1. The first kappa shape index (κ1) is 38.0. The Bertz CT molecular complexity index is 1130. The molecule has 0 aliphatic carbocycles. The predicted octanol–water partition coefficient (Wildman–Crippen LogP) is 7.24. The molecule has 0 spiro atoms. The molecule has 2 unspecified atom stereocenters. The van der Waals surface area contributed by atoms with E-state index < -0.39 is 19.5 Å². The molecule has 2 heterocycles. The molecule has 0 bridgehead atoms. The minimum absolute atomic E-state index is 0.0940. The lowest BCUT2D eigenvalue weighted by molar-refractivity contribution is -0.117. The Labute approximate surface area is 276 Å². The summed E-state index contributed by atoms with van der Waals surface area (Å²) in [6.07, 6.45) is 20.6. The van der Waals surface area contributed by atoms with E-state index in [-0.39, 0.29) is 32.1 Å². The Kier molecular flexibility index (Phi) is 19.0. The van der Waals surface area contributed by atoms with Gasteiger partial charge >= 0.3 is 7.60 Å². The Morgan fingerprint density at radius 3 is 2.07 bits per heavy atom. The van der Waals surface area contributed by atoms with Crippen LogP contribution in [0.1, 0.15) is 109 Å². The topological polar surface area (TPSA) is 137 Å². The predicted molar refractivity (Wildman–Crippen MR) is 184 cm³/mol. The lowest BCUT2D eigenvalue weighted by Crippen LogP contribution is -2.41. The number of benzene rings is 1. The number of unbranched alkanes of at least 4 members (excludes halogenated alkanes) is 13. The van der Waals surface area contributed by atoms with E-state index in [2.05, 4.69) is 21.9 Å². The van der Waals surface area contributed by atoms with E-state index in [1.807, 2.05) is 30.3 Å². The molecule has 2 aliphatic heterocycles. The third-order valence-electron chi connectivity index (χ3n) is 7.94. The lowest BCUT2D eigenvalue weighted by atomic mass is 10.0. The molecular weight excluding hydrogens is 605 g/mol. The standard InChI is InChI=1S/C34H56N5O6P/c1-2-3-4-5-6-7-8-9-10-11-12-13-14-18-23-42-24-19-25-44-46(41,45-27-30-20-16-15-17-21-30)29-43-26-22-39-28-36-31-32(39)37-34(35)38-33(31)40/h15-17,20-21,28,31H,2-14,18-19,22-27,29H2,1H3,(H2,35,38,40). The summed E-state index contributed by atoms with van der Waals surface area (Å²) < 4.78 is 36.6. The van der Waals surface area contributed by atoms with Gasteiger partial charge in [-0.3, -0.25) is 14.4 Å². The van der Waals surface area contributed by atoms with Crippen LogP contribution in [0.5, 0.6) is 0 Å². The Balaban J connectivity index is 1.23. The van der Waals surface area contributed by atoms with Gasteiger partial charge in [0.2, 0.25) is 5.96 Å². The Hall–Kier alpha value is -2.43. The van der Waals surface area contributed by atoms with Gasteiger partial charge in [0.05, 0.1) is 26.2 Å². The monoisotopic (exact) mass is 661 g/mol. The van der Waals surface area contributed by atoms with Gasteiger partial charge in [0.1, 0.15) is 12.2 Å². The van der Waals surface area contributed by atoms with Gasteiger partial charge in [-0.25, -0.2) is 0 Å². The minimum atomic E-state index is -3.54. The molecule has 1 aromatic carbocycles. The van der Waals surface area contributed by atoms with Crippen LogP contribution in [-0.4, -0.2) is 74.3 Å². The van der Waals surface area contributed by atoms with E-state index in [9.17, 15) is 9.36 Å². The normalized spacial score (nSPS) is 17.2. The van der Waals surface area contributed by atoms with Crippen molar-refractivity contribution in [2.75, 3.05) is 39.3 Å². The van der Waals surface area contributed by atoms with Gasteiger partial charge in [-0.2, -0.15) is 9.98 Å². The van der Waals surface area contributed by atoms with Gasteiger partial charge in [-0.15, -0.1) is 0 Å². The summed E-state index contributed by atoms with van der Waals surface area (Å²) in [5.41, 5.74) is 6.52. The summed E-state index contributed by atoms with van der Waals surface area (Å²) in [4.78, 5) is 25.6. The molecule has 1 aromatic rings. The number of rotatable bonds is 28. The van der Waals surface area contributed by atoms with Crippen LogP contribution in [0.25, 0.3) is 0 Å². The molecule has 0 saturated carbocycles. The molecule has 258 valence electrons. The van der Waals surface area contributed by atoms with Crippen LogP contribution >= 0.6 is 7.60 Å². The van der Waals surface area contributed by atoms with E-state index in [0.717, 1.165) is 18.6 Å². The number of guanidine groups is 1. The average Bonchev–Trinajstić information content (AvgIpc) is 3.46. The number of hydrogen-bond acceptors (Lipinski definition) is 10. The van der Waals surface area contributed by atoms with Crippen molar-refractivity contribution >= 4 is 31.6 Å². The molecule has 11 nitrogen and oxygen atoms in total. The zero-order chi connectivity index (χ0) is 32.7. The van der Waals surface area contributed by atoms with Gasteiger partial charge in [0, 0.05) is 19.8 Å². The largest absolute Gasteiger partial charge is 0.381 e. The van der Waals surface area contributed by atoms with Crippen molar-refractivity contribution in [3.05, 3.63) is 35.9 Å². The number of carbonyl (C=O) groups is 1. The number of amidine groups is 1. The van der Waals surface area contributed by atoms with Crippen molar-refractivity contribution in [2.24, 2.45) is 20.7 Å². The molecule has 2 N–H and O–H groups in total. The highest BCUT2D eigenvalue weighted by atomic mass is 31.2. The summed E-state index contributed by atoms with van der Waals surface area (Å²) in [6, 6.07) is 8.75. The summed E-state index contributed by atoms with van der Waals surface area (Å²) in [5, 5.41) is 0. The van der Waals surface area contributed by atoms with Crippen LogP contribution in [0, 0.1) is 0 Å². The summed E-state index contributed by atoms with van der Waals surface area (Å²) in [7, 11) is -3.54. The molecule has 46 heavy (non-hydrogen) atoms. The van der Waals surface area contributed by atoms with Crippen LogP contribution in [0.2, 0.25) is 0 Å². The van der Waals surface area contributed by atoms with E-state index >= 15 is 0 Å². The summed E-state index contributed by atoms with van der Waals surface area (Å²) >= 11 is 0. The molecule has 0 saturated heterocycles. The van der Waals surface area contributed by atoms with Gasteiger partial charge in [-0.05, 0) is 18.4 Å². The molecule has 12 heteroatoms. The first-order valence-corrected chi connectivity index (χ1v) is 19.1. The van der Waals surface area contributed by atoms with Crippen molar-refractivity contribution in [1.82, 2.24) is 4.90 Å². The van der Waals surface area contributed by atoms with E-state index in [1.165, 1.54) is 89.8 Å². The fourth-order valence-electron chi connectivity index (χ4n) is 5.28. The fourth-order valence-corrected chi connectivity index (χ4v) is 6.61. The zero-order valence-corrected chi connectivity index (χ0v) is 28.8. The Morgan fingerprint density at radius 2 is 1.39 bits per heavy atom. The molecule has 2 aliphatic rings. The van der Waals surface area contributed by atoms with Crippen LogP contribution in [0.3, 0.4) is 0 Å². The number of fused-ring (bicyclic) bond motifs is 1. The van der Waals surface area contributed by atoms with Gasteiger partial charge in [-0.1, -0.05) is 121 Å². The quantitative estimate of drug-likeness (QED) is 0.0733. The maximum absolute atomic E-state index is 13.5. The number of carbonyl (C=O) groups excluding carboxylic acids is 1. The number of ether oxygens (including phenoxy) is 2. The second-order valence-electron chi connectivity index (χ2n) is 11.9. The van der Waals surface area contributed by atoms with Gasteiger partial charge in [0.25, 0.3) is 5.91 Å².